The van der Waals surface area contributed by atoms with Crippen molar-refractivity contribution in [1.29, 1.82) is 0 Å². The van der Waals surface area contributed by atoms with Crippen LogP contribution in [0.1, 0.15) is 41.6 Å². The van der Waals surface area contributed by atoms with Gasteiger partial charge in [-0.2, -0.15) is 0 Å². The first-order valence-electron chi connectivity index (χ1n) is 6.77. The summed E-state index contributed by atoms with van der Waals surface area (Å²) < 4.78 is 1.09. The number of hydrogen-bond acceptors (Lipinski definition) is 1. The van der Waals surface area contributed by atoms with E-state index in [0.717, 1.165) is 46.7 Å². The van der Waals surface area contributed by atoms with Crippen molar-refractivity contribution in [3.63, 3.8) is 0 Å². The van der Waals surface area contributed by atoms with Gasteiger partial charge < -0.3 is 4.90 Å². The van der Waals surface area contributed by atoms with Crippen LogP contribution >= 0.6 is 38.5 Å². The van der Waals surface area contributed by atoms with Crippen LogP contribution in [0.25, 0.3) is 0 Å². The van der Waals surface area contributed by atoms with Crippen molar-refractivity contribution in [2.45, 2.75) is 38.6 Å². The highest BCUT2D eigenvalue weighted by atomic mass is 127. The summed E-state index contributed by atoms with van der Waals surface area (Å²) in [4.78, 5) is 14.8. The van der Waals surface area contributed by atoms with Gasteiger partial charge in [0.25, 0.3) is 5.91 Å². The van der Waals surface area contributed by atoms with E-state index in [1.807, 2.05) is 12.1 Å². The van der Waals surface area contributed by atoms with Crippen LogP contribution < -0.4 is 0 Å². The van der Waals surface area contributed by atoms with Gasteiger partial charge in [-0.1, -0.05) is 28.1 Å². The van der Waals surface area contributed by atoms with Crippen molar-refractivity contribution in [2.75, 3.05) is 11.9 Å². The zero-order valence-electron chi connectivity index (χ0n) is 11.2. The van der Waals surface area contributed by atoms with E-state index in [2.05, 4.69) is 56.4 Å². The second-order valence-electron chi connectivity index (χ2n) is 5.06. The quantitative estimate of drug-likeness (QED) is 0.507. The molecule has 1 fully saturated rings. The molecule has 1 aliphatic rings. The fraction of sp³-hybridized carbons (Fsp3) is 0.533. The lowest BCUT2D eigenvalue weighted by Crippen LogP contribution is -2.36. The highest BCUT2D eigenvalue weighted by molar-refractivity contribution is 14.1. The molecule has 0 N–H and O–H groups in total. The fourth-order valence-electron chi connectivity index (χ4n) is 2.68. The molecule has 0 aromatic heterocycles. The molecule has 104 valence electrons. The largest absolute Gasteiger partial charge is 0.336 e. The van der Waals surface area contributed by atoms with E-state index in [0.29, 0.717) is 6.04 Å². The molecule has 2 nitrogen and oxygen atoms in total. The smallest absolute Gasteiger partial charge is 0.255 e. The highest BCUT2D eigenvalue weighted by Gasteiger charge is 2.29. The van der Waals surface area contributed by atoms with Crippen molar-refractivity contribution in [3.8, 4) is 0 Å². The molecule has 0 aliphatic carbocycles. The second kappa shape index (κ2) is 7.07. The Morgan fingerprint density at radius 2 is 2.32 bits per heavy atom. The molecule has 1 saturated heterocycles. The molecule has 19 heavy (non-hydrogen) atoms. The van der Waals surface area contributed by atoms with Crippen LogP contribution in [0.5, 0.6) is 0 Å². The molecule has 1 unspecified atom stereocenters. The number of alkyl halides is 1. The number of carbonyl (C=O) groups is 1. The van der Waals surface area contributed by atoms with E-state index in [9.17, 15) is 4.79 Å². The predicted molar refractivity (Wildman–Crippen MR) is 91.0 cm³/mol. The van der Waals surface area contributed by atoms with E-state index in [-0.39, 0.29) is 5.91 Å². The molecule has 1 amide bonds. The molecule has 0 bridgehead atoms. The lowest BCUT2D eigenvalue weighted by molar-refractivity contribution is 0.0729. The summed E-state index contributed by atoms with van der Waals surface area (Å²) in [6.45, 7) is 2.97. The first kappa shape index (κ1) is 15.3. The van der Waals surface area contributed by atoms with Crippen molar-refractivity contribution in [2.24, 2.45) is 0 Å². The van der Waals surface area contributed by atoms with Gasteiger partial charge in [0.1, 0.15) is 0 Å². The van der Waals surface area contributed by atoms with Gasteiger partial charge in [0.15, 0.2) is 0 Å². The molecule has 1 heterocycles. The van der Waals surface area contributed by atoms with Gasteiger partial charge in [0.2, 0.25) is 0 Å². The molecule has 0 saturated carbocycles. The first-order chi connectivity index (χ1) is 9.15. The maximum atomic E-state index is 12.7. The third-order valence-electron chi connectivity index (χ3n) is 3.73. The SMILES string of the molecule is Cc1cccc(C(=O)N2CCCC2CCCBr)c1I. The summed E-state index contributed by atoms with van der Waals surface area (Å²) in [6.07, 6.45) is 4.54. The summed E-state index contributed by atoms with van der Waals surface area (Å²) in [5.74, 6) is 0.213. The minimum absolute atomic E-state index is 0.213. The van der Waals surface area contributed by atoms with Crippen LogP contribution in [0, 0.1) is 10.5 Å². The van der Waals surface area contributed by atoms with Gasteiger partial charge in [-0.15, -0.1) is 0 Å². The maximum Gasteiger partial charge on any atom is 0.255 e. The van der Waals surface area contributed by atoms with Crippen LogP contribution in [0.2, 0.25) is 0 Å². The molecule has 1 aromatic carbocycles. The summed E-state index contributed by atoms with van der Waals surface area (Å²) in [6, 6.07) is 6.43. The molecule has 0 radical (unpaired) electrons. The number of amides is 1. The van der Waals surface area contributed by atoms with Gasteiger partial charge in [-0.3, -0.25) is 4.79 Å². The van der Waals surface area contributed by atoms with E-state index in [4.69, 9.17) is 0 Å². The average molecular weight is 436 g/mol. The topological polar surface area (TPSA) is 20.3 Å². The van der Waals surface area contributed by atoms with E-state index >= 15 is 0 Å². The Kier molecular flexibility index (Phi) is 5.69. The van der Waals surface area contributed by atoms with Crippen molar-refractivity contribution < 1.29 is 4.79 Å². The zero-order valence-corrected chi connectivity index (χ0v) is 14.9. The van der Waals surface area contributed by atoms with Gasteiger partial charge >= 0.3 is 0 Å². The molecule has 1 atom stereocenters. The lowest BCUT2D eigenvalue weighted by atomic mass is 10.1. The number of hydrogen-bond donors (Lipinski definition) is 0. The summed E-state index contributed by atoms with van der Waals surface area (Å²) in [7, 11) is 0. The number of likely N-dealkylation sites (tertiary alicyclic amines) is 1. The van der Waals surface area contributed by atoms with E-state index < -0.39 is 0 Å². The van der Waals surface area contributed by atoms with Crippen LogP contribution in [0.3, 0.4) is 0 Å². The number of benzene rings is 1. The highest BCUT2D eigenvalue weighted by Crippen LogP contribution is 2.26. The van der Waals surface area contributed by atoms with Crippen molar-refractivity contribution >= 4 is 44.4 Å². The average Bonchev–Trinajstić information content (AvgIpc) is 2.87. The minimum Gasteiger partial charge on any atom is -0.336 e. The Labute approximate surface area is 137 Å². The third kappa shape index (κ3) is 3.51. The normalized spacial score (nSPS) is 18.9. The van der Waals surface area contributed by atoms with Crippen LogP contribution in [0.15, 0.2) is 18.2 Å². The van der Waals surface area contributed by atoms with E-state index in [1.165, 1.54) is 5.56 Å². The lowest BCUT2D eigenvalue weighted by Gasteiger charge is -2.25. The summed E-state index contributed by atoms with van der Waals surface area (Å²) >= 11 is 5.76. The second-order valence-corrected chi connectivity index (χ2v) is 6.93. The number of aryl methyl sites for hydroxylation is 1. The van der Waals surface area contributed by atoms with Crippen molar-refractivity contribution in [3.05, 3.63) is 32.9 Å². The van der Waals surface area contributed by atoms with Gasteiger partial charge in [-0.25, -0.2) is 0 Å². The number of nitrogens with zero attached hydrogens (tertiary/aromatic N) is 1. The first-order valence-corrected chi connectivity index (χ1v) is 8.97. The Bertz CT molecular complexity index is 463. The Balaban J connectivity index is 2.16. The Morgan fingerprint density at radius 3 is 3.05 bits per heavy atom. The maximum absolute atomic E-state index is 12.7. The van der Waals surface area contributed by atoms with Gasteiger partial charge in [0, 0.05) is 21.5 Å². The van der Waals surface area contributed by atoms with E-state index in [1.54, 1.807) is 0 Å². The molecule has 1 aromatic rings. The fourth-order valence-corrected chi connectivity index (χ4v) is 3.60. The number of carbonyl (C=O) groups excluding carboxylic acids is 1. The van der Waals surface area contributed by atoms with Crippen molar-refractivity contribution in [1.82, 2.24) is 4.90 Å². The van der Waals surface area contributed by atoms with Crippen LogP contribution in [-0.4, -0.2) is 28.7 Å². The predicted octanol–water partition coefficient (Wildman–Crippen LogP) is 4.38. The third-order valence-corrected chi connectivity index (χ3v) is 5.72. The van der Waals surface area contributed by atoms with Gasteiger partial charge in [0.05, 0.1) is 5.56 Å². The summed E-state index contributed by atoms with van der Waals surface area (Å²) in [5, 5.41) is 1.02. The monoisotopic (exact) mass is 435 g/mol. The Hall–Kier alpha value is -0.100. The number of rotatable bonds is 4. The molecule has 0 spiro atoms. The molecule has 2 rings (SSSR count). The molecular weight excluding hydrogens is 417 g/mol. The zero-order chi connectivity index (χ0) is 13.8. The molecule has 1 aliphatic heterocycles. The molecular formula is C15H19BrINO. The number of halogens is 2. The van der Waals surface area contributed by atoms with Crippen LogP contribution in [0.4, 0.5) is 0 Å². The minimum atomic E-state index is 0.213. The van der Waals surface area contributed by atoms with Crippen LogP contribution in [-0.2, 0) is 0 Å². The summed E-state index contributed by atoms with van der Waals surface area (Å²) in [5.41, 5.74) is 2.05. The standard InChI is InChI=1S/C15H19BrINO/c1-11-5-2-8-13(14(11)17)15(19)18-10-4-7-12(18)6-3-9-16/h2,5,8,12H,3-4,6-7,9-10H2,1H3. The molecule has 4 heteroatoms. The van der Waals surface area contributed by atoms with Gasteiger partial charge in [-0.05, 0) is 66.8 Å². The Morgan fingerprint density at radius 1 is 1.53 bits per heavy atom.